The molecule has 3 fully saturated rings. The number of hydrogen-bond donors (Lipinski definition) is 3. The van der Waals surface area contributed by atoms with E-state index >= 15 is 0 Å². The van der Waals surface area contributed by atoms with Crippen molar-refractivity contribution < 1.29 is 43.2 Å². The van der Waals surface area contributed by atoms with Crippen LogP contribution in [0, 0.1) is 17.3 Å². The number of carboxylic acids is 1. The largest absolute Gasteiger partial charge is 0.496 e. The number of pyridine rings is 1. The number of aromatic nitrogens is 1. The Kier molecular flexibility index (Phi) is 10.4. The molecule has 0 radical (unpaired) electrons. The highest BCUT2D eigenvalue weighted by molar-refractivity contribution is 5.88. The third kappa shape index (κ3) is 7.94. The van der Waals surface area contributed by atoms with Crippen molar-refractivity contribution in [2.45, 2.75) is 89.8 Å². The first-order valence-electron chi connectivity index (χ1n) is 16.3. The maximum Gasteiger partial charge on any atom is 0.407 e. The van der Waals surface area contributed by atoms with Gasteiger partial charge in [-0.1, -0.05) is 26.7 Å². The maximum absolute atomic E-state index is 12.6. The van der Waals surface area contributed by atoms with Gasteiger partial charge in [-0.05, 0) is 67.4 Å². The van der Waals surface area contributed by atoms with Gasteiger partial charge in [-0.25, -0.2) is 14.6 Å². The lowest BCUT2D eigenvalue weighted by molar-refractivity contribution is -0.143. The predicted molar refractivity (Wildman–Crippen MR) is 169 cm³/mol. The van der Waals surface area contributed by atoms with Crippen LogP contribution in [0.3, 0.4) is 0 Å². The van der Waals surface area contributed by atoms with Gasteiger partial charge in [0.15, 0.2) is 0 Å². The van der Waals surface area contributed by atoms with Gasteiger partial charge in [-0.2, -0.15) is 0 Å². The number of nitrogens with zero attached hydrogens (tertiary/aromatic N) is 1. The second kappa shape index (κ2) is 14.3. The summed E-state index contributed by atoms with van der Waals surface area (Å²) < 4.78 is 28.5. The summed E-state index contributed by atoms with van der Waals surface area (Å²) in [5.41, 5.74) is 1.43. The van der Waals surface area contributed by atoms with Crippen LogP contribution < -0.4 is 24.8 Å². The topological polar surface area (TPSA) is 155 Å². The lowest BCUT2D eigenvalue weighted by Crippen LogP contribution is -2.46. The molecule has 2 aliphatic carbocycles. The molecule has 12 heteroatoms. The van der Waals surface area contributed by atoms with Crippen LogP contribution in [0.4, 0.5) is 4.79 Å². The number of carbonyl (C=O) groups is 3. The van der Waals surface area contributed by atoms with E-state index in [1.165, 1.54) is 7.11 Å². The number of carbonyl (C=O) groups excluding carboxylic acids is 2. The third-order valence-corrected chi connectivity index (χ3v) is 9.40. The number of rotatable bonds is 14. The van der Waals surface area contributed by atoms with Crippen LogP contribution >= 0.6 is 0 Å². The first-order valence-corrected chi connectivity index (χ1v) is 16.3. The molecule has 2 heterocycles. The van der Waals surface area contributed by atoms with Crippen LogP contribution in [-0.2, 0) is 19.1 Å². The van der Waals surface area contributed by atoms with E-state index in [1.54, 1.807) is 13.2 Å². The average Bonchev–Trinajstić information content (AvgIpc) is 3.36. The molecule has 1 amide bonds. The molecular weight excluding hydrogens is 594 g/mol. The van der Waals surface area contributed by atoms with Crippen molar-refractivity contribution in [2.24, 2.45) is 17.3 Å². The van der Waals surface area contributed by atoms with Crippen molar-refractivity contribution in [1.29, 1.82) is 0 Å². The number of carboxylic acid groups (broad SMARTS) is 1. The van der Waals surface area contributed by atoms with Crippen molar-refractivity contribution in [3.8, 4) is 17.4 Å². The highest BCUT2D eigenvalue weighted by atomic mass is 16.6. The second-order valence-corrected chi connectivity index (χ2v) is 13.5. The van der Waals surface area contributed by atoms with Gasteiger partial charge in [0.05, 0.1) is 33.0 Å². The molecule has 1 aliphatic heterocycles. The molecule has 1 aromatic carbocycles. The third-order valence-electron chi connectivity index (χ3n) is 9.40. The van der Waals surface area contributed by atoms with E-state index in [1.807, 2.05) is 13.0 Å². The standard InChI is InChI=1S/C34H47N3O9/c1-6-44-29-15-28(46-21-12-26(35-17-21)32(40)43-5)24-13-23(27(42-4)14-25(24)36-29)22-11-20(22)16-34(2,3)18-45-33(41)37-30(31(38)39)19-9-7-8-10-19/h13-15,19-22,26,30,35H,6-12,16-18H2,1-5H3,(H,37,41)(H,38,39)/t20?,21-,22?,26+,30+/m1/s1. The zero-order valence-corrected chi connectivity index (χ0v) is 27.4. The van der Waals surface area contributed by atoms with Crippen molar-refractivity contribution in [3.05, 3.63) is 23.8 Å². The first-order chi connectivity index (χ1) is 22.0. The van der Waals surface area contributed by atoms with Crippen LogP contribution in [0.15, 0.2) is 18.2 Å². The number of alkyl carbamates (subject to hydrolysis) is 1. The fraction of sp³-hybridized carbons (Fsp3) is 0.647. The zero-order valence-electron chi connectivity index (χ0n) is 27.4. The summed E-state index contributed by atoms with van der Waals surface area (Å²) in [7, 11) is 3.03. The quantitative estimate of drug-likeness (QED) is 0.243. The summed E-state index contributed by atoms with van der Waals surface area (Å²) in [6.07, 6.45) is 4.90. The Hall–Kier alpha value is -3.80. The monoisotopic (exact) mass is 641 g/mol. The number of ether oxygens (including phenoxy) is 5. The van der Waals surface area contributed by atoms with E-state index in [0.717, 1.165) is 55.2 Å². The van der Waals surface area contributed by atoms with Crippen LogP contribution in [0.5, 0.6) is 17.4 Å². The van der Waals surface area contributed by atoms with Gasteiger partial charge in [0.1, 0.15) is 29.7 Å². The highest BCUT2D eigenvalue weighted by Crippen LogP contribution is 2.56. The van der Waals surface area contributed by atoms with Gasteiger partial charge in [0, 0.05) is 30.5 Å². The first kappa shape index (κ1) is 33.6. The van der Waals surface area contributed by atoms with E-state index in [-0.39, 0.29) is 35.9 Å². The molecule has 252 valence electrons. The molecule has 2 aromatic rings. The Morgan fingerprint density at radius 3 is 2.54 bits per heavy atom. The van der Waals surface area contributed by atoms with Crippen molar-refractivity contribution in [2.75, 3.05) is 34.0 Å². The molecule has 1 aromatic heterocycles. The van der Waals surface area contributed by atoms with Crippen molar-refractivity contribution >= 4 is 28.9 Å². The molecular formula is C34H47N3O9. The normalized spacial score (nSPS) is 23.5. The summed E-state index contributed by atoms with van der Waals surface area (Å²) in [5.74, 6) is 1.01. The summed E-state index contributed by atoms with van der Waals surface area (Å²) >= 11 is 0. The van der Waals surface area contributed by atoms with Crippen LogP contribution in [-0.4, -0.2) is 80.3 Å². The number of hydrogen-bond acceptors (Lipinski definition) is 10. The van der Waals surface area contributed by atoms with Crippen LogP contribution in [0.2, 0.25) is 0 Å². The Bertz CT molecular complexity index is 1420. The van der Waals surface area contributed by atoms with E-state index in [4.69, 9.17) is 28.7 Å². The number of nitrogens with one attached hydrogen (secondary N) is 2. The van der Waals surface area contributed by atoms with E-state index < -0.39 is 24.1 Å². The molecule has 3 aliphatic rings. The number of amides is 1. The fourth-order valence-electron chi connectivity index (χ4n) is 7.02. The smallest absolute Gasteiger partial charge is 0.407 e. The molecule has 2 saturated carbocycles. The highest BCUT2D eigenvalue weighted by Gasteiger charge is 2.44. The molecule has 12 nitrogen and oxygen atoms in total. The number of benzene rings is 1. The van der Waals surface area contributed by atoms with Gasteiger partial charge in [0.2, 0.25) is 5.88 Å². The molecule has 5 rings (SSSR count). The summed E-state index contributed by atoms with van der Waals surface area (Å²) in [5, 5.41) is 16.2. The Morgan fingerprint density at radius 2 is 1.87 bits per heavy atom. The van der Waals surface area contributed by atoms with E-state index in [9.17, 15) is 19.5 Å². The number of esters is 1. The summed E-state index contributed by atoms with van der Waals surface area (Å²) in [6.45, 7) is 7.15. The van der Waals surface area contributed by atoms with Gasteiger partial charge < -0.3 is 39.4 Å². The second-order valence-electron chi connectivity index (χ2n) is 13.5. The molecule has 2 unspecified atom stereocenters. The average molecular weight is 642 g/mol. The molecule has 3 N–H and O–H groups in total. The van der Waals surface area contributed by atoms with Gasteiger partial charge in [-0.3, -0.25) is 4.79 Å². The molecule has 0 bridgehead atoms. The van der Waals surface area contributed by atoms with Crippen LogP contribution in [0.25, 0.3) is 10.9 Å². The van der Waals surface area contributed by atoms with Gasteiger partial charge in [0.25, 0.3) is 0 Å². The van der Waals surface area contributed by atoms with E-state index in [2.05, 4.69) is 30.5 Å². The lowest BCUT2D eigenvalue weighted by atomic mass is 9.87. The van der Waals surface area contributed by atoms with Crippen molar-refractivity contribution in [1.82, 2.24) is 15.6 Å². The SMILES string of the molecule is CCOc1cc(O[C@H]2CN[C@H](C(=O)OC)C2)c2cc(C3CC3CC(C)(C)COC(=O)N[C@H](C(=O)O)C3CCCC3)c(OC)cc2n1. The molecule has 5 atom stereocenters. The zero-order chi connectivity index (χ0) is 33.0. The molecule has 1 saturated heterocycles. The van der Waals surface area contributed by atoms with Gasteiger partial charge >= 0.3 is 18.0 Å². The number of methoxy groups -OCH3 is 2. The van der Waals surface area contributed by atoms with Crippen LogP contribution in [0.1, 0.15) is 77.2 Å². The van der Waals surface area contributed by atoms with Crippen molar-refractivity contribution in [3.63, 3.8) is 0 Å². The summed E-state index contributed by atoms with van der Waals surface area (Å²) in [4.78, 5) is 41.1. The molecule has 46 heavy (non-hydrogen) atoms. The fourth-order valence-corrected chi connectivity index (χ4v) is 7.02. The Labute approximate surface area is 269 Å². The minimum absolute atomic E-state index is 0.0549. The van der Waals surface area contributed by atoms with E-state index in [0.29, 0.717) is 42.6 Å². The Morgan fingerprint density at radius 1 is 1.11 bits per heavy atom. The minimum atomic E-state index is -1.02. The number of aliphatic carboxylic acids is 1. The van der Waals surface area contributed by atoms with Gasteiger partial charge in [-0.15, -0.1) is 0 Å². The summed E-state index contributed by atoms with van der Waals surface area (Å²) in [6, 6.07) is 4.47. The minimum Gasteiger partial charge on any atom is -0.496 e. The maximum atomic E-state index is 12.6. The Balaban J connectivity index is 1.27. The number of fused-ring (bicyclic) bond motifs is 1. The molecule has 0 spiro atoms. The lowest BCUT2D eigenvalue weighted by Gasteiger charge is -2.26. The predicted octanol–water partition coefficient (Wildman–Crippen LogP) is 4.81.